The minimum Gasteiger partial charge on any atom is -0.487 e. The van der Waals surface area contributed by atoms with Crippen molar-refractivity contribution in [3.05, 3.63) is 60.2 Å². The Labute approximate surface area is 331 Å². The smallest absolute Gasteiger partial charge is 0.217 e. The quantitative estimate of drug-likeness (QED) is 0.0500. The Morgan fingerprint density at radius 3 is 1.47 bits per heavy atom. The standard InChI is InChI=1S/C36H48N8O14/c1-19(47)37-29-33(51)31(49)27(15-45)57-35(29)53-9-7-43-13-23(39-41-43)17-55-25-5-3-22-12-26(6-4-21(22)11-25)56-18-24-14-44(42-40-24)8-10-54-36-30(38-20(2)48)34(52)32(50)28(16-46)58-36/h3-6,11-14,27-36,45-46,49-52H,7-10,15-18H2,1-2H3,(H,37,47)(H,38,48)/t27-,28-,29-,30-,31-,32-,33-,34-,35+,36+/m1/s1. The van der Waals surface area contributed by atoms with Crippen LogP contribution in [0.2, 0.25) is 0 Å². The Morgan fingerprint density at radius 1 is 0.672 bits per heavy atom. The lowest BCUT2D eigenvalue weighted by atomic mass is 9.97. The maximum absolute atomic E-state index is 11.6. The summed E-state index contributed by atoms with van der Waals surface area (Å²) < 4.78 is 37.6. The van der Waals surface area contributed by atoms with Gasteiger partial charge in [0.25, 0.3) is 0 Å². The summed E-state index contributed by atoms with van der Waals surface area (Å²) in [4.78, 5) is 23.3. The highest BCUT2D eigenvalue weighted by Gasteiger charge is 2.46. The van der Waals surface area contributed by atoms with Crippen molar-refractivity contribution in [1.82, 2.24) is 40.6 Å². The van der Waals surface area contributed by atoms with Crippen molar-refractivity contribution in [2.75, 3.05) is 26.4 Å². The first kappa shape index (κ1) is 42.7. The van der Waals surface area contributed by atoms with E-state index in [0.29, 0.717) is 22.9 Å². The molecule has 0 bridgehead atoms. The molecule has 2 aliphatic heterocycles. The normalized spacial score (nSPS) is 27.3. The molecule has 2 aromatic carbocycles. The van der Waals surface area contributed by atoms with E-state index < -0.39 is 86.3 Å². The zero-order valence-electron chi connectivity index (χ0n) is 31.7. The Kier molecular flexibility index (Phi) is 14.5. The maximum atomic E-state index is 11.6. The van der Waals surface area contributed by atoms with Gasteiger partial charge >= 0.3 is 0 Å². The molecule has 316 valence electrons. The molecule has 2 aliphatic rings. The van der Waals surface area contributed by atoms with E-state index in [1.807, 2.05) is 36.4 Å². The molecular formula is C36H48N8O14. The van der Waals surface area contributed by atoms with Crippen LogP contribution in [0.1, 0.15) is 25.2 Å². The second-order valence-electron chi connectivity index (χ2n) is 13.8. The molecule has 2 saturated heterocycles. The zero-order chi connectivity index (χ0) is 41.3. The second-order valence-corrected chi connectivity index (χ2v) is 13.8. The lowest BCUT2D eigenvalue weighted by Crippen LogP contribution is -2.64. The number of benzene rings is 2. The molecule has 2 amide bonds. The first-order valence-corrected chi connectivity index (χ1v) is 18.5. The highest BCUT2D eigenvalue weighted by atomic mass is 16.7. The predicted octanol–water partition coefficient (Wildman–Crippen LogP) is -2.90. The van der Waals surface area contributed by atoms with E-state index in [0.717, 1.165) is 10.8 Å². The van der Waals surface area contributed by atoms with Crippen LogP contribution in [0.25, 0.3) is 10.8 Å². The number of carbonyl (C=O) groups is 2. The average molecular weight is 817 g/mol. The monoisotopic (exact) mass is 816 g/mol. The van der Waals surface area contributed by atoms with E-state index in [1.165, 1.54) is 23.2 Å². The van der Waals surface area contributed by atoms with Crippen LogP contribution in [-0.4, -0.2) is 160 Å². The van der Waals surface area contributed by atoms with Gasteiger partial charge in [0.05, 0.1) is 51.9 Å². The van der Waals surface area contributed by atoms with Crippen LogP contribution < -0.4 is 20.1 Å². The third-order valence-electron chi connectivity index (χ3n) is 9.44. The number of hydrogen-bond donors (Lipinski definition) is 8. The molecule has 0 radical (unpaired) electrons. The molecule has 4 heterocycles. The number of amides is 2. The summed E-state index contributed by atoms with van der Waals surface area (Å²) in [5.74, 6) is 0.328. The first-order valence-electron chi connectivity index (χ1n) is 18.5. The Hall–Kier alpha value is -4.88. The van der Waals surface area contributed by atoms with Gasteiger partial charge in [-0.15, -0.1) is 10.2 Å². The Bertz CT molecular complexity index is 1830. The fourth-order valence-corrected chi connectivity index (χ4v) is 6.47. The average Bonchev–Trinajstić information content (AvgIpc) is 3.87. The summed E-state index contributed by atoms with van der Waals surface area (Å²) >= 11 is 0. The first-order chi connectivity index (χ1) is 27.9. The van der Waals surface area contributed by atoms with Crippen LogP contribution >= 0.6 is 0 Å². The van der Waals surface area contributed by atoms with Crippen LogP contribution in [-0.2, 0) is 54.8 Å². The molecule has 8 N–H and O–H groups in total. The van der Waals surface area contributed by atoms with Gasteiger partial charge in [0.15, 0.2) is 12.6 Å². The summed E-state index contributed by atoms with van der Waals surface area (Å²) in [5, 5.41) is 83.5. The number of aromatic nitrogens is 6. The third kappa shape index (κ3) is 10.8. The van der Waals surface area contributed by atoms with Gasteiger partial charge in [-0.05, 0) is 35.0 Å². The SMILES string of the molecule is CC(=O)N[C@H]1[C@@H](OCCn2cc(COc3ccc4cc(OCc5cn(CCO[C@H]6O[C@H](CO)[C@@H](O)[C@H](O)[C@H]6NC(C)=O)nn5)ccc4c3)nn2)O[C@H](CO)[C@@H](O)[C@@H]1O. The molecule has 10 atom stereocenters. The summed E-state index contributed by atoms with van der Waals surface area (Å²) in [7, 11) is 0. The van der Waals surface area contributed by atoms with Crippen molar-refractivity contribution >= 4 is 22.6 Å². The maximum Gasteiger partial charge on any atom is 0.217 e. The number of nitrogens with one attached hydrogen (secondary N) is 2. The number of aliphatic hydroxyl groups is 6. The van der Waals surface area contributed by atoms with Gasteiger partial charge in [-0.3, -0.25) is 9.59 Å². The topological polar surface area (TPSA) is 296 Å². The molecule has 22 heteroatoms. The molecular weight excluding hydrogens is 768 g/mol. The zero-order valence-corrected chi connectivity index (χ0v) is 31.7. The molecule has 2 fully saturated rings. The largest absolute Gasteiger partial charge is 0.487 e. The number of aliphatic hydroxyl groups excluding tert-OH is 6. The van der Waals surface area contributed by atoms with Crippen molar-refractivity contribution in [3.63, 3.8) is 0 Å². The Balaban J connectivity index is 0.937. The number of ether oxygens (including phenoxy) is 6. The van der Waals surface area contributed by atoms with E-state index in [9.17, 15) is 40.2 Å². The molecule has 0 saturated carbocycles. The van der Waals surface area contributed by atoms with Crippen LogP contribution in [0.3, 0.4) is 0 Å². The van der Waals surface area contributed by atoms with Gasteiger partial charge in [0, 0.05) is 13.8 Å². The van der Waals surface area contributed by atoms with Crippen molar-refractivity contribution in [2.45, 2.75) is 101 Å². The number of rotatable bonds is 18. The molecule has 6 rings (SSSR count). The summed E-state index contributed by atoms with van der Waals surface area (Å²) in [5.41, 5.74) is 1.12. The summed E-state index contributed by atoms with van der Waals surface area (Å²) in [6, 6.07) is 9.12. The van der Waals surface area contributed by atoms with Gasteiger partial charge in [-0.2, -0.15) is 0 Å². The predicted molar refractivity (Wildman–Crippen MR) is 195 cm³/mol. The summed E-state index contributed by atoms with van der Waals surface area (Å²) in [6.07, 6.45) is -6.64. The van der Waals surface area contributed by atoms with Crippen molar-refractivity contribution in [2.24, 2.45) is 0 Å². The van der Waals surface area contributed by atoms with Crippen LogP contribution in [0, 0.1) is 0 Å². The van der Waals surface area contributed by atoms with Gasteiger partial charge in [-0.25, -0.2) is 9.36 Å². The highest BCUT2D eigenvalue weighted by molar-refractivity contribution is 5.85. The van der Waals surface area contributed by atoms with Gasteiger partial charge in [-0.1, -0.05) is 22.6 Å². The Morgan fingerprint density at radius 2 is 1.09 bits per heavy atom. The number of fused-ring (bicyclic) bond motifs is 1. The van der Waals surface area contributed by atoms with E-state index in [4.69, 9.17) is 28.4 Å². The highest BCUT2D eigenvalue weighted by Crippen LogP contribution is 2.27. The minimum atomic E-state index is -1.41. The van der Waals surface area contributed by atoms with Crippen molar-refractivity contribution in [3.8, 4) is 11.5 Å². The molecule has 4 aromatic rings. The van der Waals surface area contributed by atoms with Crippen LogP contribution in [0.4, 0.5) is 0 Å². The number of nitrogens with zero attached hydrogens (tertiary/aromatic N) is 6. The lowest BCUT2D eigenvalue weighted by Gasteiger charge is -2.42. The second kappa shape index (κ2) is 19.7. The van der Waals surface area contributed by atoms with E-state index >= 15 is 0 Å². The fraction of sp³-hybridized carbons (Fsp3) is 0.556. The fourth-order valence-electron chi connectivity index (χ4n) is 6.47. The molecule has 2 aromatic heterocycles. The number of carbonyl (C=O) groups excluding carboxylic acids is 2. The summed E-state index contributed by atoms with van der Waals surface area (Å²) in [6.45, 7) is 2.34. The van der Waals surface area contributed by atoms with Crippen LogP contribution in [0.5, 0.6) is 11.5 Å². The third-order valence-corrected chi connectivity index (χ3v) is 9.44. The van der Waals surface area contributed by atoms with Gasteiger partial charge in [0.2, 0.25) is 11.8 Å². The van der Waals surface area contributed by atoms with Gasteiger partial charge < -0.3 is 69.7 Å². The number of hydrogen-bond acceptors (Lipinski definition) is 18. The van der Waals surface area contributed by atoms with E-state index in [2.05, 4.69) is 31.3 Å². The van der Waals surface area contributed by atoms with Crippen molar-refractivity contribution in [1.29, 1.82) is 0 Å². The molecule has 22 nitrogen and oxygen atoms in total. The molecule has 0 spiro atoms. The van der Waals surface area contributed by atoms with Crippen LogP contribution in [0.15, 0.2) is 48.8 Å². The van der Waals surface area contributed by atoms with Gasteiger partial charge in [0.1, 0.15) is 84.8 Å². The molecule has 0 aliphatic carbocycles. The van der Waals surface area contributed by atoms with E-state index in [1.54, 1.807) is 12.4 Å². The van der Waals surface area contributed by atoms with E-state index in [-0.39, 0.29) is 39.5 Å². The lowest BCUT2D eigenvalue weighted by molar-refractivity contribution is -0.270. The molecule has 58 heavy (non-hydrogen) atoms. The molecule has 0 unspecified atom stereocenters. The minimum absolute atomic E-state index is 0.0609. The van der Waals surface area contributed by atoms with Crippen molar-refractivity contribution < 1.29 is 68.6 Å².